The van der Waals surface area contributed by atoms with E-state index in [1.807, 2.05) is 42.3 Å². The first-order valence-corrected chi connectivity index (χ1v) is 9.24. The van der Waals surface area contributed by atoms with E-state index in [1.54, 1.807) is 0 Å². The molecule has 0 saturated carbocycles. The first kappa shape index (κ1) is 18.3. The number of piperazine rings is 1. The van der Waals surface area contributed by atoms with Gasteiger partial charge in [0, 0.05) is 55.6 Å². The van der Waals surface area contributed by atoms with Crippen molar-refractivity contribution in [2.45, 2.75) is 20.3 Å². The molecule has 1 aromatic carbocycles. The van der Waals surface area contributed by atoms with Crippen LogP contribution in [-0.2, 0) is 0 Å². The van der Waals surface area contributed by atoms with Gasteiger partial charge in [0.05, 0.1) is 0 Å². The Bertz CT molecular complexity index is 751. The lowest BCUT2D eigenvalue weighted by Crippen LogP contribution is -2.47. The lowest BCUT2D eigenvalue weighted by Gasteiger charge is -2.32. The van der Waals surface area contributed by atoms with E-state index in [4.69, 9.17) is 0 Å². The molecule has 1 aliphatic rings. The maximum atomic E-state index is 12.6. The highest BCUT2D eigenvalue weighted by Gasteiger charge is 2.20. The van der Waals surface area contributed by atoms with Crippen molar-refractivity contribution in [2.24, 2.45) is 0 Å². The number of carbonyl (C=O) groups is 1. The molecule has 0 bridgehead atoms. The number of aromatic nitrogens is 2. The Morgan fingerprint density at radius 3 is 2.50 bits per heavy atom. The van der Waals surface area contributed by atoms with Crippen molar-refractivity contribution in [3.05, 3.63) is 41.6 Å². The number of hydrogen-bond donors (Lipinski definition) is 1. The van der Waals surface area contributed by atoms with Gasteiger partial charge in [0.1, 0.15) is 5.82 Å². The summed E-state index contributed by atoms with van der Waals surface area (Å²) in [6.45, 7) is 8.42. The average molecular weight is 353 g/mol. The maximum absolute atomic E-state index is 12.6. The summed E-state index contributed by atoms with van der Waals surface area (Å²) in [7, 11) is 2.09. The van der Waals surface area contributed by atoms with Crippen molar-refractivity contribution in [2.75, 3.05) is 45.1 Å². The van der Waals surface area contributed by atoms with Crippen LogP contribution >= 0.6 is 0 Å². The van der Waals surface area contributed by atoms with Crippen molar-refractivity contribution >= 4 is 11.7 Å². The molecule has 2 aromatic rings. The Morgan fingerprint density at radius 2 is 1.85 bits per heavy atom. The van der Waals surface area contributed by atoms with Crippen molar-refractivity contribution < 1.29 is 4.79 Å². The van der Waals surface area contributed by atoms with E-state index in [9.17, 15) is 4.79 Å². The lowest BCUT2D eigenvalue weighted by atomic mass is 10.1. The van der Waals surface area contributed by atoms with Crippen LogP contribution in [0.4, 0.5) is 5.82 Å². The van der Waals surface area contributed by atoms with Crippen molar-refractivity contribution in [1.29, 1.82) is 0 Å². The molecule has 1 amide bonds. The lowest BCUT2D eigenvalue weighted by molar-refractivity contribution is 0.0664. The molecule has 1 saturated heterocycles. The molecule has 3 rings (SSSR count). The van der Waals surface area contributed by atoms with Crippen LogP contribution in [0.25, 0.3) is 11.4 Å². The summed E-state index contributed by atoms with van der Waals surface area (Å²) in [6.07, 6.45) is 2.88. The monoisotopic (exact) mass is 353 g/mol. The molecule has 6 heteroatoms. The predicted octanol–water partition coefficient (Wildman–Crippen LogP) is 2.66. The minimum absolute atomic E-state index is 0.0970. The number of nitrogens with zero attached hydrogens (tertiary/aromatic N) is 4. The first-order chi connectivity index (χ1) is 12.6. The molecule has 0 radical (unpaired) electrons. The molecule has 1 aromatic heterocycles. The van der Waals surface area contributed by atoms with Gasteiger partial charge in [0.25, 0.3) is 5.91 Å². The van der Waals surface area contributed by atoms with Gasteiger partial charge in [-0.25, -0.2) is 9.97 Å². The molecule has 1 fully saturated rings. The Kier molecular flexibility index (Phi) is 5.83. The highest BCUT2D eigenvalue weighted by molar-refractivity contribution is 5.94. The number of carbonyl (C=O) groups excluding carboxylic acids is 1. The predicted molar refractivity (Wildman–Crippen MR) is 104 cm³/mol. The van der Waals surface area contributed by atoms with Gasteiger partial charge in [-0.1, -0.05) is 19.1 Å². The Morgan fingerprint density at radius 1 is 1.15 bits per heavy atom. The van der Waals surface area contributed by atoms with Crippen LogP contribution in [-0.4, -0.2) is 65.4 Å². The summed E-state index contributed by atoms with van der Waals surface area (Å²) < 4.78 is 0. The standard InChI is InChI=1S/C20H27N5O/c1-4-9-21-18-15(2)14-22-19(23-18)16-5-7-17(8-6-16)20(26)25-12-10-24(3)11-13-25/h5-8,14H,4,9-13H2,1-3H3,(H,21,22,23). The molecule has 0 aliphatic carbocycles. The summed E-state index contributed by atoms with van der Waals surface area (Å²) in [5.74, 6) is 1.64. The zero-order valence-corrected chi connectivity index (χ0v) is 15.8. The number of rotatable bonds is 5. The summed E-state index contributed by atoms with van der Waals surface area (Å²) in [5, 5.41) is 3.33. The van der Waals surface area contributed by atoms with Gasteiger partial charge < -0.3 is 15.1 Å². The Hall–Kier alpha value is -2.47. The van der Waals surface area contributed by atoms with Gasteiger partial charge >= 0.3 is 0 Å². The highest BCUT2D eigenvalue weighted by atomic mass is 16.2. The second kappa shape index (κ2) is 8.27. The van der Waals surface area contributed by atoms with E-state index < -0.39 is 0 Å². The van der Waals surface area contributed by atoms with E-state index >= 15 is 0 Å². The summed E-state index contributed by atoms with van der Waals surface area (Å²) in [4.78, 5) is 25.9. The molecular formula is C20H27N5O. The third kappa shape index (κ3) is 4.19. The first-order valence-electron chi connectivity index (χ1n) is 9.24. The summed E-state index contributed by atoms with van der Waals surface area (Å²) in [5.41, 5.74) is 2.67. The van der Waals surface area contributed by atoms with Crippen molar-refractivity contribution in [1.82, 2.24) is 19.8 Å². The molecule has 26 heavy (non-hydrogen) atoms. The van der Waals surface area contributed by atoms with Gasteiger partial charge in [-0.15, -0.1) is 0 Å². The van der Waals surface area contributed by atoms with E-state index in [0.717, 1.165) is 61.7 Å². The minimum atomic E-state index is 0.0970. The zero-order valence-electron chi connectivity index (χ0n) is 15.8. The number of nitrogens with one attached hydrogen (secondary N) is 1. The largest absolute Gasteiger partial charge is 0.370 e. The topological polar surface area (TPSA) is 61.4 Å². The van der Waals surface area contributed by atoms with Crippen LogP contribution in [0.2, 0.25) is 0 Å². The van der Waals surface area contributed by atoms with E-state index in [-0.39, 0.29) is 5.91 Å². The van der Waals surface area contributed by atoms with Crippen LogP contribution in [0.5, 0.6) is 0 Å². The third-order valence-electron chi connectivity index (χ3n) is 4.69. The summed E-state index contributed by atoms with van der Waals surface area (Å²) >= 11 is 0. The number of aryl methyl sites for hydroxylation is 1. The number of hydrogen-bond acceptors (Lipinski definition) is 5. The smallest absolute Gasteiger partial charge is 0.253 e. The number of likely N-dealkylation sites (N-methyl/N-ethyl adjacent to an activating group) is 1. The SMILES string of the molecule is CCCNc1nc(-c2ccc(C(=O)N3CCN(C)CC3)cc2)ncc1C. The molecule has 0 spiro atoms. The Labute approximate surface area is 155 Å². The van der Waals surface area contributed by atoms with E-state index in [1.165, 1.54) is 0 Å². The van der Waals surface area contributed by atoms with Crippen molar-refractivity contribution in [3.8, 4) is 11.4 Å². The molecule has 0 unspecified atom stereocenters. The average Bonchev–Trinajstić information content (AvgIpc) is 2.67. The molecule has 6 nitrogen and oxygen atoms in total. The Balaban J connectivity index is 1.74. The molecule has 2 heterocycles. The third-order valence-corrected chi connectivity index (χ3v) is 4.69. The summed E-state index contributed by atoms with van der Waals surface area (Å²) in [6, 6.07) is 7.60. The normalized spacial score (nSPS) is 15.1. The fourth-order valence-electron chi connectivity index (χ4n) is 2.96. The van der Waals surface area contributed by atoms with Crippen LogP contribution in [0.3, 0.4) is 0 Å². The highest BCUT2D eigenvalue weighted by Crippen LogP contribution is 2.20. The van der Waals surface area contributed by atoms with Crippen molar-refractivity contribution in [3.63, 3.8) is 0 Å². The van der Waals surface area contributed by atoms with E-state index in [2.05, 4.69) is 34.2 Å². The second-order valence-electron chi connectivity index (χ2n) is 6.82. The van der Waals surface area contributed by atoms with E-state index in [0.29, 0.717) is 5.82 Å². The zero-order chi connectivity index (χ0) is 18.5. The van der Waals surface area contributed by atoms with Gasteiger partial charge in [-0.05, 0) is 32.5 Å². The number of amides is 1. The second-order valence-corrected chi connectivity index (χ2v) is 6.82. The minimum Gasteiger partial charge on any atom is -0.370 e. The van der Waals surface area contributed by atoms with Gasteiger partial charge in [-0.2, -0.15) is 0 Å². The van der Waals surface area contributed by atoms with Crippen LogP contribution < -0.4 is 5.32 Å². The fraction of sp³-hybridized carbons (Fsp3) is 0.450. The molecule has 138 valence electrons. The maximum Gasteiger partial charge on any atom is 0.253 e. The fourth-order valence-corrected chi connectivity index (χ4v) is 2.96. The van der Waals surface area contributed by atoms with Crippen LogP contribution in [0.1, 0.15) is 29.3 Å². The molecule has 0 atom stereocenters. The van der Waals surface area contributed by atoms with Gasteiger partial charge in [0.2, 0.25) is 0 Å². The quantitative estimate of drug-likeness (QED) is 0.895. The van der Waals surface area contributed by atoms with Crippen LogP contribution in [0.15, 0.2) is 30.5 Å². The molecule has 1 N–H and O–H groups in total. The van der Waals surface area contributed by atoms with Crippen LogP contribution in [0, 0.1) is 6.92 Å². The number of benzene rings is 1. The number of anilines is 1. The molecular weight excluding hydrogens is 326 g/mol. The van der Waals surface area contributed by atoms with Gasteiger partial charge in [0.15, 0.2) is 5.82 Å². The van der Waals surface area contributed by atoms with Gasteiger partial charge in [-0.3, -0.25) is 4.79 Å². The molecule has 1 aliphatic heterocycles.